The first-order valence-corrected chi connectivity index (χ1v) is 7.32. The molecule has 1 fully saturated rings. The molecule has 2 atom stereocenters. The first-order chi connectivity index (χ1) is 9.49. The Morgan fingerprint density at radius 3 is 2.95 bits per heavy atom. The Kier molecular flexibility index (Phi) is 5.02. The number of aliphatic hydroxyl groups excluding tert-OH is 1. The van der Waals surface area contributed by atoms with Crippen molar-refractivity contribution in [3.63, 3.8) is 0 Å². The third-order valence-corrected chi connectivity index (χ3v) is 3.96. The molecule has 2 unspecified atom stereocenters. The molecule has 1 aliphatic rings. The molecular formula is C15H21ClN2O2. The van der Waals surface area contributed by atoms with Gasteiger partial charge in [-0.25, -0.2) is 0 Å². The van der Waals surface area contributed by atoms with Crippen LogP contribution in [-0.4, -0.2) is 48.2 Å². The summed E-state index contributed by atoms with van der Waals surface area (Å²) in [7, 11) is 1.94. The van der Waals surface area contributed by atoms with Crippen LogP contribution in [0, 0.1) is 0 Å². The smallest absolute Gasteiger partial charge is 0.244 e. The molecule has 0 aromatic heterocycles. The highest BCUT2D eigenvalue weighted by atomic mass is 35.5. The van der Waals surface area contributed by atoms with E-state index in [0.29, 0.717) is 18.0 Å². The number of aliphatic hydroxyl groups is 1. The lowest BCUT2D eigenvalue weighted by Crippen LogP contribution is -2.40. The predicted molar refractivity (Wildman–Crippen MR) is 81.1 cm³/mol. The minimum Gasteiger partial charge on any atom is -0.393 e. The number of likely N-dealkylation sites (N-methyl/N-ethyl adjacent to an activating group) is 1. The fourth-order valence-electron chi connectivity index (χ4n) is 2.52. The van der Waals surface area contributed by atoms with E-state index in [-0.39, 0.29) is 18.1 Å². The summed E-state index contributed by atoms with van der Waals surface area (Å²) in [6.45, 7) is 3.20. The van der Waals surface area contributed by atoms with E-state index in [2.05, 4.69) is 0 Å². The molecule has 1 amide bonds. The van der Waals surface area contributed by atoms with Gasteiger partial charge >= 0.3 is 0 Å². The molecular weight excluding hydrogens is 276 g/mol. The molecule has 0 aliphatic carbocycles. The molecule has 0 bridgehead atoms. The number of benzene rings is 1. The van der Waals surface area contributed by atoms with Crippen LogP contribution in [0.25, 0.3) is 0 Å². The quantitative estimate of drug-likeness (QED) is 0.905. The van der Waals surface area contributed by atoms with Crippen molar-refractivity contribution in [1.29, 1.82) is 0 Å². The Morgan fingerprint density at radius 1 is 1.55 bits per heavy atom. The normalized spacial score (nSPS) is 20.8. The maximum Gasteiger partial charge on any atom is 0.244 e. The van der Waals surface area contributed by atoms with E-state index in [0.717, 1.165) is 18.7 Å². The minimum absolute atomic E-state index is 0.104. The summed E-state index contributed by atoms with van der Waals surface area (Å²) in [5.41, 5.74) is 0.855. The summed E-state index contributed by atoms with van der Waals surface area (Å²) in [6, 6.07) is 7.28. The predicted octanol–water partition coefficient (Wildman–Crippen LogP) is 2.15. The Hall–Kier alpha value is -1.10. The first-order valence-electron chi connectivity index (χ1n) is 6.94. The van der Waals surface area contributed by atoms with Crippen molar-refractivity contribution in [2.75, 3.05) is 25.0 Å². The zero-order valence-corrected chi connectivity index (χ0v) is 12.7. The van der Waals surface area contributed by atoms with Gasteiger partial charge in [-0.3, -0.25) is 9.69 Å². The highest BCUT2D eigenvalue weighted by Crippen LogP contribution is 2.26. The van der Waals surface area contributed by atoms with Crippen LogP contribution >= 0.6 is 11.6 Å². The number of hydrogen-bond donors (Lipinski definition) is 1. The topological polar surface area (TPSA) is 43.8 Å². The maximum atomic E-state index is 12.5. The third-order valence-electron chi connectivity index (χ3n) is 3.73. The number of carbonyl (C=O) groups excluding carboxylic acids is 1. The van der Waals surface area contributed by atoms with Crippen molar-refractivity contribution in [1.82, 2.24) is 4.90 Å². The molecule has 1 heterocycles. The molecule has 1 N–H and O–H groups in total. The van der Waals surface area contributed by atoms with Gasteiger partial charge in [0.2, 0.25) is 5.91 Å². The number of nitrogens with zero attached hydrogens (tertiary/aromatic N) is 2. The summed E-state index contributed by atoms with van der Waals surface area (Å²) < 4.78 is 0. The van der Waals surface area contributed by atoms with Gasteiger partial charge < -0.3 is 10.0 Å². The molecule has 1 aromatic rings. The summed E-state index contributed by atoms with van der Waals surface area (Å²) in [6.07, 6.45) is 1.15. The van der Waals surface area contributed by atoms with E-state index in [1.54, 1.807) is 17.9 Å². The Morgan fingerprint density at radius 2 is 2.30 bits per heavy atom. The molecule has 110 valence electrons. The summed E-state index contributed by atoms with van der Waals surface area (Å²) in [4.78, 5) is 16.3. The fourth-order valence-corrected chi connectivity index (χ4v) is 2.71. The van der Waals surface area contributed by atoms with Gasteiger partial charge in [-0.2, -0.15) is 0 Å². The first kappa shape index (κ1) is 15.3. The number of rotatable bonds is 5. The second-order valence-electron chi connectivity index (χ2n) is 5.39. The molecule has 0 spiro atoms. The van der Waals surface area contributed by atoms with Crippen LogP contribution in [0.4, 0.5) is 5.69 Å². The second-order valence-corrected chi connectivity index (χ2v) is 5.83. The van der Waals surface area contributed by atoms with Gasteiger partial charge in [0, 0.05) is 23.8 Å². The number of anilines is 1. The molecule has 0 radical (unpaired) electrons. The number of halogens is 1. The SMILES string of the molecule is CC(O)CCN(C)C1CCN(c2cccc(Cl)c2)C1=O. The van der Waals surface area contributed by atoms with Crippen molar-refractivity contribution in [3.8, 4) is 0 Å². The Balaban J connectivity index is 2.02. The third kappa shape index (κ3) is 3.51. The summed E-state index contributed by atoms with van der Waals surface area (Å²) >= 11 is 5.98. The lowest BCUT2D eigenvalue weighted by Gasteiger charge is -2.24. The molecule has 0 saturated carbocycles. The maximum absolute atomic E-state index is 12.5. The molecule has 1 saturated heterocycles. The Bertz CT molecular complexity index is 479. The van der Waals surface area contributed by atoms with E-state index >= 15 is 0 Å². The minimum atomic E-state index is -0.335. The summed E-state index contributed by atoms with van der Waals surface area (Å²) in [5.74, 6) is 0.111. The van der Waals surface area contributed by atoms with Gasteiger partial charge in [0.25, 0.3) is 0 Å². The van der Waals surface area contributed by atoms with Crippen LogP contribution in [0.15, 0.2) is 24.3 Å². The van der Waals surface area contributed by atoms with Gasteiger partial charge in [0.05, 0.1) is 12.1 Å². The average molecular weight is 297 g/mol. The van der Waals surface area contributed by atoms with Crippen molar-refractivity contribution < 1.29 is 9.90 Å². The highest BCUT2D eigenvalue weighted by Gasteiger charge is 2.35. The molecule has 20 heavy (non-hydrogen) atoms. The van der Waals surface area contributed by atoms with Crippen LogP contribution in [0.2, 0.25) is 5.02 Å². The molecule has 5 heteroatoms. The molecule has 4 nitrogen and oxygen atoms in total. The lowest BCUT2D eigenvalue weighted by atomic mass is 10.2. The van der Waals surface area contributed by atoms with Crippen LogP contribution in [0.1, 0.15) is 19.8 Å². The van der Waals surface area contributed by atoms with Gasteiger partial charge in [0.1, 0.15) is 0 Å². The fraction of sp³-hybridized carbons (Fsp3) is 0.533. The van der Waals surface area contributed by atoms with E-state index < -0.39 is 0 Å². The zero-order chi connectivity index (χ0) is 14.7. The van der Waals surface area contributed by atoms with Gasteiger partial charge in [-0.15, -0.1) is 0 Å². The van der Waals surface area contributed by atoms with E-state index in [1.165, 1.54) is 0 Å². The second kappa shape index (κ2) is 6.57. The molecule has 2 rings (SSSR count). The monoisotopic (exact) mass is 296 g/mol. The number of hydrogen-bond acceptors (Lipinski definition) is 3. The summed E-state index contributed by atoms with van der Waals surface area (Å²) in [5, 5.41) is 9.97. The van der Waals surface area contributed by atoms with Crippen molar-refractivity contribution in [3.05, 3.63) is 29.3 Å². The van der Waals surface area contributed by atoms with Crippen molar-refractivity contribution >= 4 is 23.2 Å². The largest absolute Gasteiger partial charge is 0.393 e. The Labute approximate surface area is 124 Å². The molecule has 1 aromatic carbocycles. The highest BCUT2D eigenvalue weighted by molar-refractivity contribution is 6.30. The van der Waals surface area contributed by atoms with Gasteiger partial charge in [-0.1, -0.05) is 17.7 Å². The average Bonchev–Trinajstić information content (AvgIpc) is 2.78. The number of carbonyl (C=O) groups is 1. The van der Waals surface area contributed by atoms with Crippen LogP contribution in [-0.2, 0) is 4.79 Å². The standard InChI is InChI=1S/C15H21ClN2O2/c1-11(19)6-8-17(2)14-7-9-18(15(14)20)13-5-3-4-12(16)10-13/h3-5,10-11,14,19H,6-9H2,1-2H3. The van der Waals surface area contributed by atoms with E-state index in [1.807, 2.05) is 30.1 Å². The lowest BCUT2D eigenvalue weighted by molar-refractivity contribution is -0.121. The van der Waals surface area contributed by atoms with Gasteiger partial charge in [-0.05, 0) is 45.0 Å². The van der Waals surface area contributed by atoms with Crippen molar-refractivity contribution in [2.45, 2.75) is 31.9 Å². The van der Waals surface area contributed by atoms with Crippen LogP contribution in [0.3, 0.4) is 0 Å². The van der Waals surface area contributed by atoms with Gasteiger partial charge in [0.15, 0.2) is 0 Å². The van der Waals surface area contributed by atoms with Crippen molar-refractivity contribution in [2.24, 2.45) is 0 Å². The van der Waals surface area contributed by atoms with E-state index in [4.69, 9.17) is 11.6 Å². The number of amides is 1. The zero-order valence-electron chi connectivity index (χ0n) is 11.9. The van der Waals surface area contributed by atoms with Crippen LogP contribution < -0.4 is 4.90 Å². The van der Waals surface area contributed by atoms with E-state index in [9.17, 15) is 9.90 Å². The molecule has 1 aliphatic heterocycles. The van der Waals surface area contributed by atoms with Crippen LogP contribution in [0.5, 0.6) is 0 Å².